The number of ether oxygens (including phenoxy) is 1. The summed E-state index contributed by atoms with van der Waals surface area (Å²) in [5.74, 6) is 1.07. The van der Waals surface area contributed by atoms with Crippen molar-refractivity contribution in [2.24, 2.45) is 0 Å². The average molecular weight is 382 g/mol. The summed E-state index contributed by atoms with van der Waals surface area (Å²) in [6.45, 7) is 11.4. The van der Waals surface area contributed by atoms with Gasteiger partial charge in [-0.05, 0) is 31.2 Å². The third kappa shape index (κ3) is 4.68. The molecule has 0 bridgehead atoms. The number of nitrogens with zero attached hydrogens (tertiary/aromatic N) is 1. The number of benzene rings is 2. The van der Waals surface area contributed by atoms with Crippen LogP contribution in [0, 0.1) is 0 Å². The molecule has 0 aromatic heterocycles. The number of anilines is 1. The largest absolute Gasteiger partial charge is 0.493 e. The van der Waals surface area contributed by atoms with E-state index in [4.69, 9.17) is 4.74 Å². The third-order valence-corrected chi connectivity index (χ3v) is 6.51. The van der Waals surface area contributed by atoms with E-state index in [0.717, 1.165) is 24.9 Å². The topological polar surface area (TPSA) is 21.4 Å². The van der Waals surface area contributed by atoms with Crippen molar-refractivity contribution in [3.63, 3.8) is 0 Å². The Morgan fingerprint density at radius 2 is 1.57 bits per heavy atom. The monoisotopic (exact) mass is 381 g/mol. The standard InChI is InChI=1S/C24H33N3O/c1-2-28-24-11-7-6-8-21(24)20-25-14-12-23(13-15-25)27-18-16-26(17-19-27)22-9-4-3-5-10-22/h3-11,23H,2,12-20H2,1H3/p+2. The van der Waals surface area contributed by atoms with E-state index in [1.54, 1.807) is 4.90 Å². The van der Waals surface area contributed by atoms with Crippen LogP contribution in [0.15, 0.2) is 54.6 Å². The highest BCUT2D eigenvalue weighted by molar-refractivity contribution is 5.46. The molecule has 2 aliphatic heterocycles. The fourth-order valence-electron chi connectivity index (χ4n) is 4.93. The number of piperidine rings is 1. The van der Waals surface area contributed by atoms with Crippen molar-refractivity contribution in [2.45, 2.75) is 32.4 Å². The Balaban J connectivity index is 1.25. The highest BCUT2D eigenvalue weighted by atomic mass is 16.5. The smallest absolute Gasteiger partial charge is 0.128 e. The molecule has 2 saturated heterocycles. The Morgan fingerprint density at radius 3 is 2.29 bits per heavy atom. The number of likely N-dealkylation sites (tertiary alicyclic amines) is 1. The van der Waals surface area contributed by atoms with Crippen LogP contribution < -0.4 is 19.4 Å². The molecule has 0 radical (unpaired) electrons. The lowest BCUT2D eigenvalue weighted by atomic mass is 10.0. The van der Waals surface area contributed by atoms with Crippen LogP contribution in [0.3, 0.4) is 0 Å². The van der Waals surface area contributed by atoms with E-state index in [1.807, 2.05) is 4.90 Å². The van der Waals surface area contributed by atoms with Crippen molar-refractivity contribution < 1.29 is 14.5 Å². The molecule has 0 atom stereocenters. The molecule has 2 aliphatic rings. The molecule has 2 heterocycles. The van der Waals surface area contributed by atoms with E-state index in [-0.39, 0.29) is 0 Å². The Kier molecular flexibility index (Phi) is 6.50. The number of piperazine rings is 1. The summed E-state index contributed by atoms with van der Waals surface area (Å²) in [4.78, 5) is 6.10. The minimum atomic E-state index is 0.743. The van der Waals surface area contributed by atoms with Gasteiger partial charge in [-0.15, -0.1) is 0 Å². The predicted molar refractivity (Wildman–Crippen MR) is 114 cm³/mol. The van der Waals surface area contributed by atoms with Crippen LogP contribution >= 0.6 is 0 Å². The molecular formula is C24H35N3O+2. The molecule has 0 aliphatic carbocycles. The second-order valence-corrected chi connectivity index (χ2v) is 8.22. The summed E-state index contributed by atoms with van der Waals surface area (Å²) in [6.07, 6.45) is 2.71. The Bertz CT molecular complexity index is 720. The highest BCUT2D eigenvalue weighted by Crippen LogP contribution is 2.17. The lowest BCUT2D eigenvalue weighted by Gasteiger charge is -2.40. The maximum Gasteiger partial charge on any atom is 0.128 e. The lowest BCUT2D eigenvalue weighted by Crippen LogP contribution is -3.21. The van der Waals surface area contributed by atoms with Crippen molar-refractivity contribution in [1.29, 1.82) is 0 Å². The van der Waals surface area contributed by atoms with Crippen LogP contribution in [-0.2, 0) is 6.54 Å². The van der Waals surface area contributed by atoms with Gasteiger partial charge in [-0.25, -0.2) is 0 Å². The molecule has 4 heteroatoms. The Hall–Kier alpha value is -2.04. The van der Waals surface area contributed by atoms with Crippen molar-refractivity contribution >= 4 is 5.69 Å². The van der Waals surface area contributed by atoms with Crippen molar-refractivity contribution in [1.82, 2.24) is 0 Å². The van der Waals surface area contributed by atoms with Crippen LogP contribution in [0.25, 0.3) is 0 Å². The van der Waals surface area contributed by atoms with Crippen LogP contribution in [0.1, 0.15) is 25.3 Å². The molecule has 2 aromatic carbocycles. The molecule has 28 heavy (non-hydrogen) atoms. The first-order chi connectivity index (χ1) is 13.8. The summed E-state index contributed by atoms with van der Waals surface area (Å²) in [5.41, 5.74) is 2.75. The third-order valence-electron chi connectivity index (χ3n) is 6.51. The molecule has 2 fully saturated rings. The first-order valence-corrected chi connectivity index (χ1v) is 11.0. The van der Waals surface area contributed by atoms with Crippen LogP contribution in [0.4, 0.5) is 5.69 Å². The molecule has 0 unspecified atom stereocenters. The minimum Gasteiger partial charge on any atom is -0.493 e. The lowest BCUT2D eigenvalue weighted by molar-refractivity contribution is -0.963. The minimum absolute atomic E-state index is 0.743. The van der Waals surface area contributed by atoms with Gasteiger partial charge in [-0.1, -0.05) is 30.3 Å². The second-order valence-electron chi connectivity index (χ2n) is 8.22. The number of para-hydroxylation sites is 2. The number of hydrogen-bond donors (Lipinski definition) is 2. The van der Waals surface area contributed by atoms with E-state index >= 15 is 0 Å². The molecule has 4 rings (SSSR count). The Labute approximate surface area is 169 Å². The van der Waals surface area contributed by atoms with Gasteiger partial charge >= 0.3 is 0 Å². The molecular weight excluding hydrogens is 346 g/mol. The number of rotatable bonds is 6. The first-order valence-electron chi connectivity index (χ1n) is 11.0. The van der Waals surface area contributed by atoms with E-state index in [2.05, 4.69) is 66.4 Å². The summed E-state index contributed by atoms with van der Waals surface area (Å²) in [6, 6.07) is 20.3. The highest BCUT2D eigenvalue weighted by Gasteiger charge is 2.32. The van der Waals surface area contributed by atoms with Crippen molar-refractivity contribution in [3.05, 3.63) is 60.2 Å². The van der Waals surface area contributed by atoms with E-state index in [1.165, 1.54) is 63.4 Å². The van der Waals surface area contributed by atoms with Crippen LogP contribution in [0.5, 0.6) is 5.75 Å². The van der Waals surface area contributed by atoms with Crippen molar-refractivity contribution in [3.8, 4) is 5.75 Å². The fourth-order valence-corrected chi connectivity index (χ4v) is 4.93. The summed E-state index contributed by atoms with van der Waals surface area (Å²) < 4.78 is 5.82. The molecule has 2 N–H and O–H groups in total. The number of hydrogen-bond acceptors (Lipinski definition) is 2. The van der Waals surface area contributed by atoms with Gasteiger partial charge in [0.2, 0.25) is 0 Å². The van der Waals surface area contributed by atoms with Crippen LogP contribution in [-0.4, -0.2) is 51.9 Å². The zero-order valence-electron chi connectivity index (χ0n) is 17.2. The number of nitrogens with one attached hydrogen (secondary N) is 2. The molecule has 0 amide bonds. The maximum absolute atomic E-state index is 5.82. The molecule has 4 nitrogen and oxygen atoms in total. The van der Waals surface area contributed by atoms with Crippen molar-refractivity contribution in [2.75, 3.05) is 50.8 Å². The normalized spacial score (nSPS) is 23.5. The average Bonchev–Trinajstić information content (AvgIpc) is 2.77. The van der Waals surface area contributed by atoms with Crippen LogP contribution in [0.2, 0.25) is 0 Å². The van der Waals surface area contributed by atoms with Gasteiger partial charge in [0.05, 0.1) is 51.9 Å². The quantitative estimate of drug-likeness (QED) is 0.780. The molecule has 0 saturated carbocycles. The summed E-state index contributed by atoms with van der Waals surface area (Å²) in [5, 5.41) is 0. The number of quaternary nitrogens is 2. The van der Waals surface area contributed by atoms with Gasteiger partial charge in [-0.3, -0.25) is 0 Å². The predicted octanol–water partition coefficient (Wildman–Crippen LogP) is 1.04. The van der Waals surface area contributed by atoms with Gasteiger partial charge in [0.15, 0.2) is 0 Å². The summed E-state index contributed by atoms with van der Waals surface area (Å²) in [7, 11) is 0. The molecule has 150 valence electrons. The first kappa shape index (κ1) is 19.3. The van der Waals surface area contributed by atoms with Gasteiger partial charge in [0.25, 0.3) is 0 Å². The maximum atomic E-state index is 5.82. The van der Waals surface area contributed by atoms with Gasteiger partial charge < -0.3 is 19.4 Å². The molecule has 2 aromatic rings. The zero-order valence-corrected chi connectivity index (χ0v) is 17.2. The SMILES string of the molecule is CCOc1ccccc1C[NH+]1CCC([NH+]2CCN(c3ccccc3)CC2)CC1. The van der Waals surface area contributed by atoms with E-state index in [9.17, 15) is 0 Å². The van der Waals surface area contributed by atoms with Gasteiger partial charge in [-0.2, -0.15) is 0 Å². The molecule has 0 spiro atoms. The second kappa shape index (κ2) is 9.44. The van der Waals surface area contributed by atoms with E-state index < -0.39 is 0 Å². The van der Waals surface area contributed by atoms with Gasteiger partial charge in [0, 0.05) is 24.1 Å². The van der Waals surface area contributed by atoms with Gasteiger partial charge in [0.1, 0.15) is 12.3 Å². The Morgan fingerprint density at radius 1 is 0.893 bits per heavy atom. The summed E-state index contributed by atoms with van der Waals surface area (Å²) >= 11 is 0. The zero-order chi connectivity index (χ0) is 19.2. The van der Waals surface area contributed by atoms with E-state index in [0.29, 0.717) is 0 Å². The fraction of sp³-hybridized carbons (Fsp3) is 0.500.